The summed E-state index contributed by atoms with van der Waals surface area (Å²) in [4.78, 5) is 11.9. The molecule has 132 valence electrons. The molecule has 1 amide bonds. The molecule has 0 unspecified atom stereocenters. The number of para-hydroxylation sites is 1. The van der Waals surface area contributed by atoms with Crippen LogP contribution in [0, 0.1) is 0 Å². The number of hydrogen-bond donors (Lipinski definition) is 2. The number of aromatic nitrogens is 1. The molecule has 1 heterocycles. The molecule has 0 aliphatic rings. The lowest BCUT2D eigenvalue weighted by Crippen LogP contribution is -2.26. The van der Waals surface area contributed by atoms with Crippen LogP contribution in [0.4, 0.5) is 0 Å². The normalized spacial score (nSPS) is 10.1. The Kier molecular flexibility index (Phi) is 8.92. The first-order valence-electron chi connectivity index (χ1n) is 7.07. The fourth-order valence-corrected chi connectivity index (χ4v) is 2.32. The number of ether oxygens (including phenoxy) is 1. The first-order chi connectivity index (χ1) is 11.1. The third-order valence-corrected chi connectivity index (χ3v) is 3.55. The van der Waals surface area contributed by atoms with E-state index in [0.717, 1.165) is 13.0 Å². The first-order valence-corrected chi connectivity index (χ1v) is 7.82. The van der Waals surface area contributed by atoms with Crippen LogP contribution in [0.2, 0.25) is 10.0 Å². The minimum atomic E-state index is -0.285. The highest BCUT2D eigenvalue weighted by Gasteiger charge is 2.13. The van der Waals surface area contributed by atoms with Crippen LogP contribution in [0.1, 0.15) is 22.7 Å². The third kappa shape index (κ3) is 5.87. The second kappa shape index (κ2) is 10.4. The molecule has 2 N–H and O–H groups in total. The third-order valence-electron chi connectivity index (χ3n) is 2.96. The van der Waals surface area contributed by atoms with E-state index in [9.17, 15) is 4.79 Å². The molecule has 0 saturated carbocycles. The van der Waals surface area contributed by atoms with Crippen LogP contribution in [0.3, 0.4) is 0 Å². The van der Waals surface area contributed by atoms with Gasteiger partial charge in [-0.05, 0) is 32.1 Å². The monoisotopic (exact) mass is 393 g/mol. The Morgan fingerprint density at radius 1 is 1.29 bits per heavy atom. The number of rotatable bonds is 8. The van der Waals surface area contributed by atoms with Crippen molar-refractivity contribution in [3.63, 3.8) is 0 Å². The second-order valence-corrected chi connectivity index (χ2v) is 5.55. The lowest BCUT2D eigenvalue weighted by atomic mass is 10.3. The summed E-state index contributed by atoms with van der Waals surface area (Å²) in [5.41, 5.74) is 0.207. The van der Waals surface area contributed by atoms with Gasteiger partial charge in [-0.25, -0.2) is 0 Å². The summed E-state index contributed by atoms with van der Waals surface area (Å²) >= 11 is 12.0. The van der Waals surface area contributed by atoms with E-state index in [4.69, 9.17) is 32.5 Å². The van der Waals surface area contributed by atoms with E-state index in [1.807, 2.05) is 7.05 Å². The van der Waals surface area contributed by atoms with Crippen molar-refractivity contribution < 1.29 is 14.1 Å². The van der Waals surface area contributed by atoms with E-state index in [1.165, 1.54) is 6.07 Å². The number of hydrogen-bond acceptors (Lipinski definition) is 5. The lowest BCUT2D eigenvalue weighted by Gasteiger charge is -2.07. The van der Waals surface area contributed by atoms with Gasteiger partial charge < -0.3 is 19.9 Å². The van der Waals surface area contributed by atoms with Crippen molar-refractivity contribution in [3.05, 3.63) is 45.8 Å². The molecule has 1 aromatic carbocycles. The van der Waals surface area contributed by atoms with E-state index in [2.05, 4.69) is 15.8 Å². The molecule has 0 aliphatic heterocycles. The lowest BCUT2D eigenvalue weighted by molar-refractivity contribution is 0.0944. The Balaban J connectivity index is 0.00000288. The number of nitrogens with one attached hydrogen (secondary N) is 2. The summed E-state index contributed by atoms with van der Waals surface area (Å²) in [6, 6.07) is 6.60. The summed E-state index contributed by atoms with van der Waals surface area (Å²) < 4.78 is 10.6. The van der Waals surface area contributed by atoms with Gasteiger partial charge in [0.15, 0.2) is 17.2 Å². The summed E-state index contributed by atoms with van der Waals surface area (Å²) in [6.45, 7) is 1.47. The van der Waals surface area contributed by atoms with Crippen molar-refractivity contribution in [2.24, 2.45) is 0 Å². The summed E-state index contributed by atoms with van der Waals surface area (Å²) in [5, 5.41) is 10.3. The van der Waals surface area contributed by atoms with Crippen LogP contribution in [0.25, 0.3) is 0 Å². The SMILES string of the molecule is CNCCCNC(=O)c1cc(COc2c(Cl)cccc2Cl)on1.Cl. The zero-order chi connectivity index (χ0) is 16.7. The van der Waals surface area contributed by atoms with Crippen molar-refractivity contribution in [1.82, 2.24) is 15.8 Å². The molecule has 2 rings (SSSR count). The zero-order valence-electron chi connectivity index (χ0n) is 13.0. The van der Waals surface area contributed by atoms with Crippen LogP contribution in [-0.4, -0.2) is 31.2 Å². The molecular weight excluding hydrogens is 377 g/mol. The standard InChI is InChI=1S/C15H17Cl2N3O3.ClH/c1-18-6-3-7-19-15(21)13-8-10(23-20-13)9-22-14-11(16)4-2-5-12(14)17;/h2,4-5,8,18H,3,6-7,9H2,1H3,(H,19,21);1H. The smallest absolute Gasteiger partial charge is 0.273 e. The van der Waals surface area contributed by atoms with Gasteiger partial charge in [0.05, 0.1) is 10.0 Å². The maximum atomic E-state index is 11.9. The maximum Gasteiger partial charge on any atom is 0.273 e. The van der Waals surface area contributed by atoms with E-state index in [0.29, 0.717) is 28.1 Å². The average Bonchev–Trinajstić information content (AvgIpc) is 3.00. The molecule has 0 bridgehead atoms. The fraction of sp³-hybridized carbons (Fsp3) is 0.333. The minimum absolute atomic E-state index is 0. The number of benzene rings is 1. The van der Waals surface area contributed by atoms with E-state index >= 15 is 0 Å². The topological polar surface area (TPSA) is 76.4 Å². The average molecular weight is 395 g/mol. The van der Waals surface area contributed by atoms with Gasteiger partial charge in [-0.1, -0.05) is 34.4 Å². The Morgan fingerprint density at radius 3 is 2.67 bits per heavy atom. The molecule has 2 aromatic rings. The van der Waals surface area contributed by atoms with Gasteiger partial charge in [-0.15, -0.1) is 12.4 Å². The van der Waals surface area contributed by atoms with Crippen LogP contribution in [-0.2, 0) is 6.61 Å². The molecule has 6 nitrogen and oxygen atoms in total. The first kappa shape index (κ1) is 20.6. The second-order valence-electron chi connectivity index (χ2n) is 4.73. The molecule has 0 saturated heterocycles. The predicted octanol–water partition coefficient (Wildman–Crippen LogP) is 3.32. The van der Waals surface area contributed by atoms with Crippen molar-refractivity contribution in [1.29, 1.82) is 0 Å². The molecule has 0 aliphatic carbocycles. The summed E-state index contributed by atoms with van der Waals surface area (Å²) in [5.74, 6) is 0.485. The predicted molar refractivity (Wildman–Crippen MR) is 95.4 cm³/mol. The van der Waals surface area contributed by atoms with Crippen LogP contribution in [0.5, 0.6) is 5.75 Å². The number of carbonyl (C=O) groups is 1. The molecule has 0 radical (unpaired) electrons. The number of carbonyl (C=O) groups excluding carboxylic acids is 1. The number of amides is 1. The van der Waals surface area contributed by atoms with Crippen molar-refractivity contribution >= 4 is 41.5 Å². The molecule has 0 atom stereocenters. The van der Waals surface area contributed by atoms with Crippen molar-refractivity contribution in [2.75, 3.05) is 20.1 Å². The van der Waals surface area contributed by atoms with Gasteiger partial charge in [0.1, 0.15) is 6.61 Å². The van der Waals surface area contributed by atoms with E-state index < -0.39 is 0 Å². The molecule has 0 fully saturated rings. The molecular formula is C15H18Cl3N3O3. The fourth-order valence-electron chi connectivity index (χ4n) is 1.81. The highest BCUT2D eigenvalue weighted by atomic mass is 35.5. The molecule has 0 spiro atoms. The Bertz CT molecular complexity index is 644. The van der Waals surface area contributed by atoms with Gasteiger partial charge in [-0.2, -0.15) is 0 Å². The molecule has 9 heteroatoms. The van der Waals surface area contributed by atoms with Crippen LogP contribution < -0.4 is 15.4 Å². The van der Waals surface area contributed by atoms with Gasteiger partial charge in [0, 0.05) is 12.6 Å². The van der Waals surface area contributed by atoms with Gasteiger partial charge in [0.25, 0.3) is 5.91 Å². The Hall–Kier alpha value is -1.47. The van der Waals surface area contributed by atoms with Crippen molar-refractivity contribution in [3.8, 4) is 5.75 Å². The number of nitrogens with zero attached hydrogens (tertiary/aromatic N) is 1. The zero-order valence-corrected chi connectivity index (χ0v) is 15.3. The number of halogens is 3. The van der Waals surface area contributed by atoms with Gasteiger partial charge in [0.2, 0.25) is 0 Å². The van der Waals surface area contributed by atoms with Crippen molar-refractivity contribution in [2.45, 2.75) is 13.0 Å². The summed E-state index contributed by atoms with van der Waals surface area (Å²) in [7, 11) is 1.86. The van der Waals surface area contributed by atoms with Gasteiger partial charge >= 0.3 is 0 Å². The Morgan fingerprint density at radius 2 is 2.00 bits per heavy atom. The highest BCUT2D eigenvalue weighted by molar-refractivity contribution is 6.37. The van der Waals surface area contributed by atoms with E-state index in [1.54, 1.807) is 18.2 Å². The van der Waals surface area contributed by atoms with Crippen LogP contribution >= 0.6 is 35.6 Å². The molecule has 1 aromatic heterocycles. The molecule has 24 heavy (non-hydrogen) atoms. The minimum Gasteiger partial charge on any atom is -0.482 e. The quantitative estimate of drug-likeness (QED) is 0.672. The van der Waals surface area contributed by atoms with Crippen LogP contribution in [0.15, 0.2) is 28.8 Å². The summed E-state index contributed by atoms with van der Waals surface area (Å²) in [6.07, 6.45) is 0.834. The largest absolute Gasteiger partial charge is 0.482 e. The Labute approximate surface area is 156 Å². The van der Waals surface area contributed by atoms with E-state index in [-0.39, 0.29) is 30.6 Å². The maximum absolute atomic E-state index is 11.9. The van der Waals surface area contributed by atoms with Gasteiger partial charge in [-0.3, -0.25) is 4.79 Å². The highest BCUT2D eigenvalue weighted by Crippen LogP contribution is 2.32.